The average molecular weight is 392 g/mol. The molecule has 0 radical (unpaired) electrons. The van der Waals surface area contributed by atoms with Crippen LogP contribution in [0.25, 0.3) is 0 Å². The first-order chi connectivity index (χ1) is 14.0. The summed E-state index contributed by atoms with van der Waals surface area (Å²) in [5, 5.41) is 0. The van der Waals surface area contributed by atoms with Crippen LogP contribution in [0, 0.1) is 5.92 Å². The van der Waals surface area contributed by atoms with Gasteiger partial charge in [0.05, 0.1) is 5.92 Å². The van der Waals surface area contributed by atoms with E-state index in [1.165, 1.54) is 16.7 Å². The van der Waals surface area contributed by atoms with Gasteiger partial charge in [-0.25, -0.2) is 0 Å². The van der Waals surface area contributed by atoms with Crippen molar-refractivity contribution in [1.82, 2.24) is 9.80 Å². The summed E-state index contributed by atoms with van der Waals surface area (Å²) in [7, 11) is 2.05. The van der Waals surface area contributed by atoms with Crippen molar-refractivity contribution in [2.24, 2.45) is 11.7 Å². The third-order valence-electron chi connectivity index (χ3n) is 6.59. The molecule has 0 aromatic heterocycles. The van der Waals surface area contributed by atoms with Crippen LogP contribution in [0.2, 0.25) is 0 Å². The lowest BCUT2D eigenvalue weighted by molar-refractivity contribution is -0.146. The number of rotatable bonds is 5. The number of fused-ring (bicyclic) bond motifs is 1. The summed E-state index contributed by atoms with van der Waals surface area (Å²) in [6.07, 6.45) is 2.99. The quantitative estimate of drug-likeness (QED) is 0.851. The Morgan fingerprint density at radius 1 is 1.07 bits per heavy atom. The van der Waals surface area contributed by atoms with Gasteiger partial charge in [0.25, 0.3) is 0 Å². The fourth-order valence-corrected chi connectivity index (χ4v) is 4.88. The Kier molecular flexibility index (Phi) is 5.41. The minimum Gasteiger partial charge on any atom is -0.369 e. The lowest BCUT2D eigenvalue weighted by Crippen LogP contribution is -2.61. The van der Waals surface area contributed by atoms with Crippen molar-refractivity contribution in [2.45, 2.75) is 37.8 Å². The van der Waals surface area contributed by atoms with Crippen LogP contribution >= 0.6 is 0 Å². The van der Waals surface area contributed by atoms with Crippen LogP contribution in [0.1, 0.15) is 29.5 Å². The Morgan fingerprint density at radius 2 is 1.69 bits per heavy atom. The zero-order valence-corrected chi connectivity index (χ0v) is 17.0. The summed E-state index contributed by atoms with van der Waals surface area (Å²) < 4.78 is 0. The lowest BCUT2D eigenvalue weighted by atomic mass is 9.88. The van der Waals surface area contributed by atoms with E-state index in [-0.39, 0.29) is 17.7 Å². The van der Waals surface area contributed by atoms with Gasteiger partial charge < -0.3 is 10.6 Å². The molecular formula is C24H29N3O2. The molecule has 152 valence electrons. The number of nitrogens with two attached hydrogens (primary N) is 1. The lowest BCUT2D eigenvalue weighted by Gasteiger charge is -2.43. The molecule has 1 atom stereocenters. The van der Waals surface area contributed by atoms with Crippen molar-refractivity contribution < 1.29 is 9.59 Å². The Bertz CT molecular complexity index is 871. The van der Waals surface area contributed by atoms with E-state index in [0.29, 0.717) is 32.5 Å². The van der Waals surface area contributed by atoms with Crippen LogP contribution < -0.4 is 5.73 Å². The third kappa shape index (κ3) is 3.79. The molecule has 0 bridgehead atoms. The van der Waals surface area contributed by atoms with E-state index in [1.807, 2.05) is 42.3 Å². The SMILES string of the molecule is CN(Cc1ccccc1)C1(C(=O)N2CCCC(C(N)=O)C2)Cc2ccccc2C1. The summed E-state index contributed by atoms with van der Waals surface area (Å²) in [4.78, 5) is 29.8. The normalized spacial score (nSPS) is 20.5. The van der Waals surface area contributed by atoms with Gasteiger partial charge in [-0.3, -0.25) is 14.5 Å². The summed E-state index contributed by atoms with van der Waals surface area (Å²) >= 11 is 0. The molecule has 1 heterocycles. The van der Waals surface area contributed by atoms with Crippen molar-refractivity contribution in [3.63, 3.8) is 0 Å². The van der Waals surface area contributed by atoms with E-state index in [4.69, 9.17) is 5.73 Å². The predicted molar refractivity (Wildman–Crippen MR) is 113 cm³/mol. The molecule has 1 saturated heterocycles. The average Bonchev–Trinajstić information content (AvgIpc) is 3.15. The number of piperidine rings is 1. The first-order valence-corrected chi connectivity index (χ1v) is 10.4. The molecule has 5 nitrogen and oxygen atoms in total. The Morgan fingerprint density at radius 3 is 2.31 bits per heavy atom. The third-order valence-corrected chi connectivity index (χ3v) is 6.59. The maximum atomic E-state index is 13.9. The minimum atomic E-state index is -0.626. The van der Waals surface area contributed by atoms with E-state index in [9.17, 15) is 9.59 Å². The predicted octanol–water partition coefficient (Wildman–Crippen LogP) is 2.38. The monoisotopic (exact) mass is 391 g/mol. The summed E-state index contributed by atoms with van der Waals surface area (Å²) in [5.74, 6) is -0.421. The van der Waals surface area contributed by atoms with Crippen LogP contribution in [-0.4, -0.2) is 47.3 Å². The van der Waals surface area contributed by atoms with Crippen molar-refractivity contribution in [2.75, 3.05) is 20.1 Å². The van der Waals surface area contributed by atoms with E-state index in [0.717, 1.165) is 12.8 Å². The van der Waals surface area contributed by atoms with Gasteiger partial charge in [0.15, 0.2) is 0 Å². The largest absolute Gasteiger partial charge is 0.369 e. The molecule has 29 heavy (non-hydrogen) atoms. The molecule has 0 saturated carbocycles. The van der Waals surface area contributed by atoms with E-state index in [2.05, 4.69) is 29.2 Å². The van der Waals surface area contributed by atoms with Crippen LogP contribution in [0.5, 0.6) is 0 Å². The summed E-state index contributed by atoms with van der Waals surface area (Å²) in [5.41, 5.74) is 8.60. The fourth-order valence-electron chi connectivity index (χ4n) is 4.88. The van der Waals surface area contributed by atoms with Crippen molar-refractivity contribution >= 4 is 11.8 Å². The standard InChI is InChI=1S/C24H29N3O2/c1-26(16-18-8-3-2-4-9-18)24(14-19-10-5-6-11-20(19)15-24)23(29)27-13-7-12-21(17-27)22(25)28/h2-6,8-11,21H,7,12-17H2,1H3,(H2,25,28). The van der Waals surface area contributed by atoms with Crippen LogP contribution in [0.4, 0.5) is 0 Å². The number of amides is 2. The maximum Gasteiger partial charge on any atom is 0.243 e. The Labute approximate surface area is 172 Å². The van der Waals surface area contributed by atoms with Crippen LogP contribution in [0.15, 0.2) is 54.6 Å². The molecule has 0 spiro atoms. The molecule has 2 aromatic rings. The number of carbonyl (C=O) groups is 2. The zero-order valence-electron chi connectivity index (χ0n) is 17.0. The number of benzene rings is 2. The van der Waals surface area contributed by atoms with Gasteiger partial charge in [-0.05, 0) is 36.6 Å². The molecule has 1 fully saturated rings. The number of hydrogen-bond donors (Lipinski definition) is 1. The van der Waals surface area contributed by atoms with Crippen LogP contribution in [0.3, 0.4) is 0 Å². The molecule has 5 heteroatoms. The highest BCUT2D eigenvalue weighted by Crippen LogP contribution is 2.37. The second-order valence-electron chi connectivity index (χ2n) is 8.49. The minimum absolute atomic E-state index is 0.123. The molecule has 1 aliphatic carbocycles. The van der Waals surface area contributed by atoms with Crippen LogP contribution in [-0.2, 0) is 29.0 Å². The van der Waals surface area contributed by atoms with E-state index in [1.54, 1.807) is 0 Å². The zero-order chi connectivity index (χ0) is 20.4. The number of likely N-dealkylation sites (tertiary alicyclic amines) is 1. The molecule has 2 aliphatic rings. The van der Waals surface area contributed by atoms with Gasteiger partial charge in [-0.2, -0.15) is 0 Å². The molecule has 1 aliphatic heterocycles. The van der Waals surface area contributed by atoms with Crippen molar-refractivity contribution in [3.8, 4) is 0 Å². The summed E-state index contributed by atoms with van der Waals surface area (Å²) in [6.45, 7) is 1.83. The van der Waals surface area contributed by atoms with Crippen molar-refractivity contribution in [1.29, 1.82) is 0 Å². The maximum absolute atomic E-state index is 13.9. The molecule has 2 N–H and O–H groups in total. The number of nitrogens with zero attached hydrogens (tertiary/aromatic N) is 2. The van der Waals surface area contributed by atoms with Gasteiger partial charge in [-0.15, -0.1) is 0 Å². The fraction of sp³-hybridized carbons (Fsp3) is 0.417. The first-order valence-electron chi connectivity index (χ1n) is 10.4. The second kappa shape index (κ2) is 7.99. The highest BCUT2D eigenvalue weighted by Gasteiger charge is 2.49. The van der Waals surface area contributed by atoms with E-state index < -0.39 is 5.54 Å². The highest BCUT2D eigenvalue weighted by molar-refractivity contribution is 5.89. The summed E-state index contributed by atoms with van der Waals surface area (Å²) in [6, 6.07) is 18.6. The van der Waals surface area contributed by atoms with Gasteiger partial charge in [0, 0.05) is 32.5 Å². The first kappa shape index (κ1) is 19.6. The van der Waals surface area contributed by atoms with Gasteiger partial charge in [0.1, 0.15) is 5.54 Å². The number of carbonyl (C=O) groups excluding carboxylic acids is 2. The van der Waals surface area contributed by atoms with E-state index >= 15 is 0 Å². The topological polar surface area (TPSA) is 66.6 Å². The van der Waals surface area contributed by atoms with Gasteiger partial charge in [0.2, 0.25) is 11.8 Å². The number of likely N-dealkylation sites (N-methyl/N-ethyl adjacent to an activating group) is 1. The second-order valence-corrected chi connectivity index (χ2v) is 8.49. The molecule has 2 aromatic carbocycles. The van der Waals surface area contributed by atoms with Crippen molar-refractivity contribution in [3.05, 3.63) is 71.3 Å². The number of hydrogen-bond acceptors (Lipinski definition) is 3. The Balaban J connectivity index is 1.64. The number of primary amides is 1. The smallest absolute Gasteiger partial charge is 0.243 e. The van der Waals surface area contributed by atoms with Gasteiger partial charge >= 0.3 is 0 Å². The highest BCUT2D eigenvalue weighted by atomic mass is 16.2. The molecule has 2 amide bonds. The molecule has 1 unspecified atom stereocenters. The molecular weight excluding hydrogens is 362 g/mol. The Hall–Kier alpha value is -2.66. The van der Waals surface area contributed by atoms with Gasteiger partial charge in [-0.1, -0.05) is 54.6 Å². The molecule has 4 rings (SSSR count).